The molecular weight excluding hydrogens is 216 g/mol. The average molecular weight is 236 g/mol. The Hall–Kier alpha value is -0.240. The fourth-order valence-corrected chi connectivity index (χ4v) is 1.10. The van der Waals surface area contributed by atoms with Crippen LogP contribution >= 0.6 is 0 Å². The van der Waals surface area contributed by atoms with Crippen LogP contribution in [0.4, 0.5) is 0 Å². The van der Waals surface area contributed by atoms with Crippen LogP contribution in [0.5, 0.6) is 0 Å². The molecule has 0 amide bonds. The van der Waals surface area contributed by atoms with Crippen molar-refractivity contribution < 1.29 is 28.4 Å². The molecule has 0 N–H and O–H groups in total. The molecule has 16 heavy (non-hydrogen) atoms. The first kappa shape index (κ1) is 13.8. The van der Waals surface area contributed by atoms with Gasteiger partial charge in [-0.15, -0.1) is 0 Å². The Balaban J connectivity index is 1.71. The summed E-state index contributed by atoms with van der Waals surface area (Å²) in [6.45, 7) is 3.98. The van der Waals surface area contributed by atoms with Crippen LogP contribution in [0.3, 0.4) is 0 Å². The van der Waals surface area contributed by atoms with Crippen molar-refractivity contribution in [2.45, 2.75) is 6.48 Å². The van der Waals surface area contributed by atoms with Crippen molar-refractivity contribution in [1.29, 1.82) is 0 Å². The van der Waals surface area contributed by atoms with E-state index in [4.69, 9.17) is 28.4 Å². The third-order valence-corrected chi connectivity index (χ3v) is 1.88. The summed E-state index contributed by atoms with van der Waals surface area (Å²) >= 11 is 0. The van der Waals surface area contributed by atoms with E-state index in [2.05, 4.69) is 0 Å². The zero-order chi connectivity index (χ0) is 11.5. The van der Waals surface area contributed by atoms with Gasteiger partial charge in [-0.25, -0.2) is 0 Å². The molecule has 1 saturated heterocycles. The van der Waals surface area contributed by atoms with Crippen LogP contribution in [0, 0.1) is 0 Å². The summed E-state index contributed by atoms with van der Waals surface area (Å²) in [6, 6.07) is 0. The van der Waals surface area contributed by atoms with Gasteiger partial charge in [-0.2, -0.15) is 0 Å². The maximum atomic E-state index is 5.27. The van der Waals surface area contributed by atoms with E-state index >= 15 is 0 Å². The summed E-state index contributed by atoms with van der Waals surface area (Å²) in [5.41, 5.74) is 0. The van der Waals surface area contributed by atoms with E-state index < -0.39 is 6.48 Å². The van der Waals surface area contributed by atoms with Crippen molar-refractivity contribution in [2.24, 2.45) is 0 Å². The Morgan fingerprint density at radius 3 is 2.06 bits per heavy atom. The Morgan fingerprint density at radius 2 is 1.44 bits per heavy atom. The molecule has 0 unspecified atom stereocenters. The van der Waals surface area contributed by atoms with E-state index in [-0.39, 0.29) is 0 Å². The summed E-state index contributed by atoms with van der Waals surface area (Å²) < 4.78 is 30.7. The average Bonchev–Trinajstić information content (AvgIpc) is 2.80. The van der Waals surface area contributed by atoms with E-state index in [1.807, 2.05) is 0 Å². The fraction of sp³-hybridized carbons (Fsp3) is 1.00. The van der Waals surface area contributed by atoms with E-state index in [1.165, 1.54) is 0 Å². The first-order valence-corrected chi connectivity index (χ1v) is 5.42. The summed E-state index contributed by atoms with van der Waals surface area (Å²) in [7, 11) is 1.64. The van der Waals surface area contributed by atoms with Crippen molar-refractivity contribution in [1.82, 2.24) is 0 Å². The smallest absolute Gasteiger partial charge is 0.271 e. The van der Waals surface area contributed by atoms with Crippen molar-refractivity contribution in [3.8, 4) is 0 Å². The second-order valence-corrected chi connectivity index (χ2v) is 3.12. The molecule has 1 heterocycles. The predicted octanol–water partition coefficient (Wildman–Crippen LogP) is 0.0130. The van der Waals surface area contributed by atoms with Crippen LogP contribution in [0.1, 0.15) is 0 Å². The van der Waals surface area contributed by atoms with Crippen molar-refractivity contribution >= 4 is 0 Å². The lowest BCUT2D eigenvalue weighted by molar-refractivity contribution is -0.234. The molecule has 1 aliphatic heterocycles. The van der Waals surface area contributed by atoms with Crippen LogP contribution in [0.15, 0.2) is 0 Å². The first-order chi connectivity index (χ1) is 7.93. The Kier molecular flexibility index (Phi) is 8.60. The maximum Gasteiger partial charge on any atom is 0.271 e. The molecule has 0 aromatic heterocycles. The van der Waals surface area contributed by atoms with E-state index in [1.54, 1.807) is 7.11 Å². The Morgan fingerprint density at radius 1 is 0.875 bits per heavy atom. The molecule has 0 atom stereocenters. The highest BCUT2D eigenvalue weighted by Gasteiger charge is 2.15. The quantitative estimate of drug-likeness (QED) is 0.498. The molecule has 1 fully saturated rings. The van der Waals surface area contributed by atoms with Gasteiger partial charge in [0.15, 0.2) is 0 Å². The van der Waals surface area contributed by atoms with Gasteiger partial charge in [-0.3, -0.25) is 0 Å². The number of hydrogen-bond donors (Lipinski definition) is 0. The standard InChI is InChI=1S/C10H20O6/c1-11-2-3-12-4-5-13-6-7-14-10-15-8-9-16-10/h10H,2-9H2,1H3. The SMILES string of the molecule is COCCOCCOCCOC1OCCO1. The van der Waals surface area contributed by atoms with Crippen LogP contribution < -0.4 is 0 Å². The third-order valence-electron chi connectivity index (χ3n) is 1.88. The lowest BCUT2D eigenvalue weighted by Crippen LogP contribution is -2.17. The molecule has 0 radical (unpaired) electrons. The van der Waals surface area contributed by atoms with Crippen molar-refractivity contribution in [3.63, 3.8) is 0 Å². The van der Waals surface area contributed by atoms with Crippen molar-refractivity contribution in [3.05, 3.63) is 0 Å². The Bertz CT molecular complexity index is 148. The van der Waals surface area contributed by atoms with Crippen LogP contribution in [0.25, 0.3) is 0 Å². The first-order valence-electron chi connectivity index (χ1n) is 5.42. The number of hydrogen-bond acceptors (Lipinski definition) is 6. The molecule has 6 nitrogen and oxygen atoms in total. The number of ether oxygens (including phenoxy) is 6. The van der Waals surface area contributed by atoms with Gasteiger partial charge in [0.25, 0.3) is 6.48 Å². The fourth-order valence-electron chi connectivity index (χ4n) is 1.10. The van der Waals surface area contributed by atoms with Gasteiger partial charge in [0, 0.05) is 7.11 Å². The van der Waals surface area contributed by atoms with Crippen LogP contribution in [-0.2, 0) is 28.4 Å². The van der Waals surface area contributed by atoms with E-state index in [9.17, 15) is 0 Å². The summed E-state index contributed by atoms with van der Waals surface area (Å²) in [6.07, 6.45) is 0. The molecule has 0 aromatic carbocycles. The summed E-state index contributed by atoms with van der Waals surface area (Å²) in [5.74, 6) is 0. The third kappa shape index (κ3) is 7.10. The lowest BCUT2D eigenvalue weighted by Gasteiger charge is -2.10. The topological polar surface area (TPSA) is 55.4 Å². The van der Waals surface area contributed by atoms with Gasteiger partial charge in [0.2, 0.25) is 0 Å². The summed E-state index contributed by atoms with van der Waals surface area (Å²) in [5, 5.41) is 0. The van der Waals surface area contributed by atoms with E-state index in [0.29, 0.717) is 52.9 Å². The molecule has 1 rings (SSSR count). The molecule has 0 saturated carbocycles. The van der Waals surface area contributed by atoms with Gasteiger partial charge in [-0.1, -0.05) is 0 Å². The minimum absolute atomic E-state index is 0.461. The van der Waals surface area contributed by atoms with Gasteiger partial charge in [0.1, 0.15) is 0 Å². The predicted molar refractivity (Wildman–Crippen MR) is 55.2 cm³/mol. The largest absolute Gasteiger partial charge is 0.382 e. The minimum atomic E-state index is -0.512. The van der Waals surface area contributed by atoms with Gasteiger partial charge in [0.05, 0.1) is 52.9 Å². The highest BCUT2D eigenvalue weighted by atomic mass is 16.9. The number of rotatable bonds is 10. The highest BCUT2D eigenvalue weighted by Crippen LogP contribution is 2.04. The second kappa shape index (κ2) is 9.95. The Labute approximate surface area is 95.7 Å². The highest BCUT2D eigenvalue weighted by molar-refractivity contribution is 4.40. The normalized spacial score (nSPS) is 17.1. The van der Waals surface area contributed by atoms with Crippen LogP contribution in [-0.4, -0.2) is 66.4 Å². The monoisotopic (exact) mass is 236 g/mol. The maximum absolute atomic E-state index is 5.27. The summed E-state index contributed by atoms with van der Waals surface area (Å²) in [4.78, 5) is 0. The zero-order valence-electron chi connectivity index (χ0n) is 9.68. The van der Waals surface area contributed by atoms with Gasteiger partial charge in [-0.05, 0) is 0 Å². The van der Waals surface area contributed by atoms with Crippen molar-refractivity contribution in [2.75, 3.05) is 60.0 Å². The molecule has 1 aliphatic rings. The molecule has 0 bridgehead atoms. The second-order valence-electron chi connectivity index (χ2n) is 3.12. The van der Waals surface area contributed by atoms with E-state index in [0.717, 1.165) is 0 Å². The molecule has 0 spiro atoms. The van der Waals surface area contributed by atoms with Crippen LogP contribution in [0.2, 0.25) is 0 Å². The lowest BCUT2D eigenvalue weighted by atomic mass is 10.7. The molecule has 0 aromatic rings. The molecule has 0 aliphatic carbocycles. The molecule has 96 valence electrons. The zero-order valence-corrected chi connectivity index (χ0v) is 9.68. The molecule has 6 heteroatoms. The van der Waals surface area contributed by atoms with Gasteiger partial charge < -0.3 is 28.4 Å². The molecular formula is C10H20O6. The number of methoxy groups -OCH3 is 1. The minimum Gasteiger partial charge on any atom is -0.382 e. The van der Waals surface area contributed by atoms with Gasteiger partial charge >= 0.3 is 0 Å².